The van der Waals surface area contributed by atoms with Crippen molar-refractivity contribution < 1.29 is 53.0 Å². The summed E-state index contributed by atoms with van der Waals surface area (Å²) in [6.45, 7) is 30.9. The Morgan fingerprint density at radius 1 is 0.384 bits per heavy atom. The normalized spacial score (nSPS) is 14.4. The van der Waals surface area contributed by atoms with E-state index in [0.29, 0.717) is 43.1 Å². The van der Waals surface area contributed by atoms with Gasteiger partial charge in [-0.25, -0.2) is 19.2 Å². The second kappa shape index (κ2) is 43.0. The topological polar surface area (TPSA) is 529 Å². The standard InChI is InChI=1S/C28H32N6O2.C25H25N7O3.C25H26N6O3.C24H24N6O3/c1-17(31-26(35)25-24(29)18(2)32-27(36)33-25)20-7-6-8-21(13-20)22-14-30-34(16-22)15-19-9-11-23(12-10-19)28(3,4)5;1-14(29-24(34)22-21(26)15(2)30-25(35)31-22)17-6-4-7-18(10-17)20-11-28-32(13-20)12-16-5-3-8-19(9-16)23(27)33;1-15(28-24(32)23-22(26)16(2)29-25(33)30-23)18-9-10-21(34-3)20(11-18)19-12-27-31(14-19)13-17-7-5-4-6-8-17;1-14(27-23(32)22-21(25)15(2)28-24(33)29-22)19-10-17(8-9-20(19)31)18-11-26-30(13-18)12-16-6-4-3-5-7-16/h6-14,16-17H,2,15,29H2,1,3-5H3,(H,31,35)(H2,32,33,36);3-11,13-14H,2,12,26H2,1H3,(H2,27,33)(H,29,34)(H2,30,31,35);4-12,14-15H,2,13,26H2,1,3H3,(H,28,32)(H2,29,30,33);3-11,13-14,31H,2,12,25H2,1H3,(H,27,32)(H2,28,29,33)/t17-;14-;15-;14-/m1111/s1. The first-order chi connectivity index (χ1) is 65.9. The number of aromatic nitrogens is 8. The highest BCUT2D eigenvalue weighted by atomic mass is 16.5. The van der Waals surface area contributed by atoms with Crippen molar-refractivity contribution in [1.29, 1.82) is 0 Å². The number of aromatic hydroxyl groups is 1. The van der Waals surface area contributed by atoms with Crippen LogP contribution >= 0.6 is 0 Å². The zero-order valence-corrected chi connectivity index (χ0v) is 77.1. The van der Waals surface area contributed by atoms with Crippen molar-refractivity contribution in [2.24, 2.45) is 28.7 Å². The van der Waals surface area contributed by atoms with Gasteiger partial charge in [0.05, 0.1) is 128 Å². The third-order valence-corrected chi connectivity index (χ3v) is 22.6. The van der Waals surface area contributed by atoms with Gasteiger partial charge in [-0.2, -0.15) is 20.4 Å². The Bertz CT molecular complexity index is 6890. The fraction of sp³-hybridized carbons (Fsp3) is 0.167. The lowest BCUT2D eigenvalue weighted by Gasteiger charge is -2.23. The molecule has 0 aliphatic carbocycles. The molecule has 36 nitrogen and oxygen atoms in total. The van der Waals surface area contributed by atoms with Crippen LogP contribution in [0.15, 0.2) is 338 Å². The third kappa shape index (κ3) is 24.5. The number of nitrogens with one attached hydrogen (secondary N) is 12. The lowest BCUT2D eigenvalue weighted by atomic mass is 9.87. The van der Waals surface area contributed by atoms with Crippen LogP contribution < -0.4 is 97.2 Å². The SMILES string of the molecule is C=C1NC(=O)NC(C(=O)N[C@H](C)c2cc(-c3cnn(Cc4ccccc4)c3)ccc2O)=C1N.C=C1NC(=O)NC(C(=O)N[C@H](C)c2ccc(OC)c(-c3cnn(Cc4ccccc4)c3)c2)=C1N.C=C1NC(=O)NC(C(=O)N[C@H](C)c2cccc(-c3cnn(Cc4ccc(C(C)(C)C)cc4)c3)c2)=C1N.C=C1NC(=O)NC(C(=O)N[C@H](C)c2cccc(-c3cnn(Cc4cccc(C(N)=O)c4)c3)c2)=C1N. The Kier molecular flexibility index (Phi) is 30.3. The Balaban J connectivity index is 0.000000155. The summed E-state index contributed by atoms with van der Waals surface area (Å²) >= 11 is 0. The maximum atomic E-state index is 12.8. The van der Waals surface area contributed by atoms with Crippen molar-refractivity contribution in [2.75, 3.05) is 7.11 Å². The molecule has 4 atom stereocenters. The van der Waals surface area contributed by atoms with Gasteiger partial charge in [0.2, 0.25) is 5.91 Å². The smallest absolute Gasteiger partial charge is 0.323 e. The number of nitrogens with two attached hydrogens (primary N) is 5. The average Bonchev–Trinajstić information content (AvgIpc) is 1.77. The summed E-state index contributed by atoms with van der Waals surface area (Å²) in [5.74, 6) is -1.84. The predicted molar refractivity (Wildman–Crippen MR) is 523 cm³/mol. The molecule has 23 N–H and O–H groups in total. The fourth-order valence-electron chi connectivity index (χ4n) is 14.9. The van der Waals surface area contributed by atoms with E-state index in [2.05, 4.69) is 168 Å². The molecule has 8 aromatic carbocycles. The molecule has 706 valence electrons. The van der Waals surface area contributed by atoms with Crippen LogP contribution in [0.25, 0.3) is 44.5 Å². The average molecular weight is 1860 g/mol. The van der Waals surface area contributed by atoms with E-state index < -0.39 is 59.7 Å². The van der Waals surface area contributed by atoms with Gasteiger partial charge in [-0.1, -0.05) is 193 Å². The summed E-state index contributed by atoms with van der Waals surface area (Å²) in [6.07, 6.45) is 14.9. The number of hydrogen-bond acceptors (Lipinski definition) is 19. The van der Waals surface area contributed by atoms with E-state index in [0.717, 1.165) is 77.9 Å². The van der Waals surface area contributed by atoms with Gasteiger partial charge in [0, 0.05) is 63.7 Å². The van der Waals surface area contributed by atoms with E-state index in [1.165, 1.54) is 11.1 Å². The van der Waals surface area contributed by atoms with Gasteiger partial charge in [-0.3, -0.25) is 42.7 Å². The number of carbonyl (C=O) groups is 9. The molecule has 4 aliphatic rings. The second-order valence-corrected chi connectivity index (χ2v) is 33.8. The van der Waals surface area contributed by atoms with Crippen LogP contribution in [0.4, 0.5) is 19.2 Å². The number of ether oxygens (including phenoxy) is 1. The molecule has 0 saturated heterocycles. The van der Waals surface area contributed by atoms with Crippen molar-refractivity contribution >= 4 is 53.7 Å². The van der Waals surface area contributed by atoms with Crippen LogP contribution in [0, 0.1) is 0 Å². The number of benzene rings is 8. The van der Waals surface area contributed by atoms with Gasteiger partial charge in [0.1, 0.15) is 34.3 Å². The molecular weight excluding hydrogens is 1750 g/mol. The lowest BCUT2D eigenvalue weighted by molar-refractivity contribution is -0.119. The maximum absolute atomic E-state index is 12.8. The second-order valence-electron chi connectivity index (χ2n) is 33.8. The highest BCUT2D eigenvalue weighted by Gasteiger charge is 2.31. The van der Waals surface area contributed by atoms with Gasteiger partial charge in [0.15, 0.2) is 0 Å². The lowest BCUT2D eigenvalue weighted by Crippen LogP contribution is -2.47. The molecule has 16 rings (SSSR count). The molecule has 8 heterocycles. The number of phenols is 1. The van der Waals surface area contributed by atoms with E-state index in [9.17, 15) is 48.3 Å². The van der Waals surface area contributed by atoms with Crippen molar-refractivity contribution in [3.05, 3.63) is 394 Å². The van der Waals surface area contributed by atoms with E-state index in [-0.39, 0.29) is 97.7 Å². The van der Waals surface area contributed by atoms with E-state index in [1.807, 2.05) is 187 Å². The molecule has 0 bridgehead atoms. The minimum atomic E-state index is -0.593. The highest BCUT2D eigenvalue weighted by Crippen LogP contribution is 2.36. The minimum Gasteiger partial charge on any atom is -0.508 e. The quantitative estimate of drug-likeness (QED) is 0.0239. The molecule has 0 radical (unpaired) electrons. The van der Waals surface area contributed by atoms with E-state index in [1.54, 1.807) is 73.7 Å². The van der Waals surface area contributed by atoms with Crippen LogP contribution in [0.3, 0.4) is 0 Å². The molecular formula is C102H107N25O11. The molecule has 0 unspecified atom stereocenters. The molecule has 0 fully saturated rings. The fourth-order valence-corrected chi connectivity index (χ4v) is 14.9. The third-order valence-electron chi connectivity index (χ3n) is 22.6. The number of methoxy groups -OCH3 is 1. The first-order valence-electron chi connectivity index (χ1n) is 43.6. The van der Waals surface area contributed by atoms with Crippen LogP contribution in [-0.4, -0.2) is 105 Å². The first-order valence-corrected chi connectivity index (χ1v) is 43.6. The Labute approximate surface area is 795 Å². The number of phenolic OH excluding ortho intramolecular Hbond substituents is 1. The van der Waals surface area contributed by atoms with Crippen LogP contribution in [0.1, 0.15) is 133 Å². The highest BCUT2D eigenvalue weighted by molar-refractivity contribution is 6.03. The monoisotopic (exact) mass is 1860 g/mol. The minimum absolute atomic E-state index is 0.0106. The van der Waals surface area contributed by atoms with Crippen molar-refractivity contribution in [3.8, 4) is 56.0 Å². The zero-order valence-electron chi connectivity index (χ0n) is 77.1. The van der Waals surface area contributed by atoms with Crippen LogP contribution in [-0.2, 0) is 50.8 Å². The number of amides is 13. The molecule has 4 aliphatic heterocycles. The van der Waals surface area contributed by atoms with Crippen molar-refractivity contribution in [3.63, 3.8) is 0 Å². The van der Waals surface area contributed by atoms with Crippen molar-refractivity contribution in [1.82, 2.24) is 103 Å². The summed E-state index contributed by atoms with van der Waals surface area (Å²) in [4.78, 5) is 109. The number of hydrogen-bond donors (Lipinski definition) is 18. The summed E-state index contributed by atoms with van der Waals surface area (Å²) in [6, 6.07) is 58.4. The van der Waals surface area contributed by atoms with Gasteiger partial charge in [-0.15, -0.1) is 0 Å². The molecule has 4 aromatic heterocycles. The van der Waals surface area contributed by atoms with Gasteiger partial charge in [0.25, 0.3) is 23.6 Å². The predicted octanol–water partition coefficient (Wildman–Crippen LogP) is 11.2. The number of carbonyl (C=O) groups excluding carboxylic acids is 9. The summed E-state index contributed by atoms with van der Waals surface area (Å²) in [5, 5.41) is 59.0. The van der Waals surface area contributed by atoms with E-state index in [4.69, 9.17) is 33.4 Å². The summed E-state index contributed by atoms with van der Waals surface area (Å²) < 4.78 is 13.0. The maximum Gasteiger partial charge on any atom is 0.323 e. The zero-order chi connectivity index (χ0) is 98.9. The molecule has 12 aromatic rings. The molecule has 138 heavy (non-hydrogen) atoms. The Morgan fingerprint density at radius 2 is 0.725 bits per heavy atom. The van der Waals surface area contributed by atoms with Crippen LogP contribution in [0.5, 0.6) is 11.5 Å². The Morgan fingerprint density at radius 3 is 1.11 bits per heavy atom. The molecule has 0 saturated carbocycles. The number of rotatable bonds is 26. The van der Waals surface area contributed by atoms with Gasteiger partial charge < -0.3 is 102 Å². The summed E-state index contributed by atoms with van der Waals surface area (Å²) in [7, 11) is 1.61. The number of urea groups is 4. The number of primary amides is 1. The van der Waals surface area contributed by atoms with Crippen molar-refractivity contribution in [2.45, 2.75) is 104 Å². The van der Waals surface area contributed by atoms with Gasteiger partial charge in [-0.05, 0) is 143 Å². The van der Waals surface area contributed by atoms with Crippen LogP contribution in [0.2, 0.25) is 0 Å². The number of nitrogens with zero attached hydrogens (tertiary/aromatic N) is 8. The first kappa shape index (κ1) is 97.3. The molecule has 0 spiro atoms. The Hall–Kier alpha value is -18.3. The van der Waals surface area contributed by atoms with Gasteiger partial charge >= 0.3 is 24.1 Å². The summed E-state index contributed by atoms with van der Waals surface area (Å²) in [5.41, 5.74) is 46.4. The molecule has 36 heteroatoms. The molecule has 13 amide bonds. The van der Waals surface area contributed by atoms with E-state index >= 15 is 0 Å². The largest absolute Gasteiger partial charge is 0.508 e.